The lowest BCUT2D eigenvalue weighted by atomic mass is 9.99. The Bertz CT molecular complexity index is 105. The van der Waals surface area contributed by atoms with Gasteiger partial charge in [0, 0.05) is 6.04 Å². The molecule has 1 saturated heterocycles. The summed E-state index contributed by atoms with van der Waals surface area (Å²) in [6, 6.07) is 0.447. The molecule has 46 valence electrons. The molecule has 1 aliphatic carbocycles. The molecule has 2 aliphatic rings. The average Bonchev–Trinajstić information content (AvgIpc) is 2.12. The van der Waals surface area contributed by atoms with Crippen LogP contribution in [0, 0.1) is 0 Å². The molecule has 2 N–H and O–H groups in total. The number of hydrogen-bond donors (Lipinski definition) is 2. The first-order chi connectivity index (χ1) is 3.81. The molecule has 0 bridgehead atoms. The van der Waals surface area contributed by atoms with E-state index in [-0.39, 0.29) is 5.60 Å². The fourth-order valence-corrected chi connectivity index (χ4v) is 1.22. The first-order valence-electron chi connectivity index (χ1n) is 3.27. The van der Waals surface area contributed by atoms with Crippen LogP contribution in [0.1, 0.15) is 19.3 Å². The maximum absolute atomic E-state index is 9.39. The first-order valence-corrected chi connectivity index (χ1v) is 3.27. The molecule has 2 nitrogen and oxygen atoms in total. The van der Waals surface area contributed by atoms with E-state index in [1.807, 2.05) is 0 Å². The predicted octanol–water partition coefficient (Wildman–Crippen LogP) is -0.127. The van der Waals surface area contributed by atoms with Crippen molar-refractivity contribution >= 4 is 0 Å². The zero-order valence-electron chi connectivity index (χ0n) is 4.85. The minimum atomic E-state index is -0.266. The van der Waals surface area contributed by atoms with E-state index in [0.717, 1.165) is 19.4 Å². The summed E-state index contributed by atoms with van der Waals surface area (Å²) in [6.07, 6.45) is 3.21. The van der Waals surface area contributed by atoms with Gasteiger partial charge in [-0.3, -0.25) is 0 Å². The van der Waals surface area contributed by atoms with Crippen LogP contribution in [-0.2, 0) is 0 Å². The van der Waals surface area contributed by atoms with Crippen molar-refractivity contribution in [1.82, 2.24) is 5.32 Å². The Hall–Kier alpha value is -0.0800. The van der Waals surface area contributed by atoms with E-state index in [0.29, 0.717) is 6.04 Å². The normalized spacial score (nSPS) is 40.9. The van der Waals surface area contributed by atoms with Gasteiger partial charge in [-0.15, -0.1) is 0 Å². The van der Waals surface area contributed by atoms with Crippen molar-refractivity contribution in [3.8, 4) is 0 Å². The van der Waals surface area contributed by atoms with Crippen molar-refractivity contribution in [3.05, 3.63) is 0 Å². The largest absolute Gasteiger partial charge is 0.388 e. The maximum Gasteiger partial charge on any atom is 0.0802 e. The summed E-state index contributed by atoms with van der Waals surface area (Å²) in [4.78, 5) is 0. The minimum Gasteiger partial charge on any atom is -0.388 e. The molecule has 1 atom stereocenters. The molecule has 1 saturated carbocycles. The molecule has 0 aromatic rings. The van der Waals surface area contributed by atoms with Crippen LogP contribution in [0.5, 0.6) is 0 Å². The van der Waals surface area contributed by atoms with Crippen LogP contribution in [0.2, 0.25) is 0 Å². The molecule has 2 fully saturated rings. The molecule has 2 rings (SSSR count). The van der Waals surface area contributed by atoms with E-state index in [1.165, 1.54) is 6.42 Å². The Morgan fingerprint density at radius 3 is 2.25 bits per heavy atom. The van der Waals surface area contributed by atoms with Gasteiger partial charge in [-0.05, 0) is 25.8 Å². The molecule has 1 aliphatic heterocycles. The molecule has 0 radical (unpaired) electrons. The van der Waals surface area contributed by atoms with E-state index in [9.17, 15) is 5.11 Å². The highest BCUT2D eigenvalue weighted by Crippen LogP contribution is 2.41. The third-order valence-electron chi connectivity index (χ3n) is 2.23. The van der Waals surface area contributed by atoms with Gasteiger partial charge in [-0.2, -0.15) is 0 Å². The van der Waals surface area contributed by atoms with Crippen molar-refractivity contribution in [2.75, 3.05) is 6.54 Å². The Morgan fingerprint density at radius 2 is 2.12 bits per heavy atom. The second kappa shape index (κ2) is 1.25. The smallest absolute Gasteiger partial charge is 0.0802 e. The Morgan fingerprint density at radius 1 is 1.50 bits per heavy atom. The van der Waals surface area contributed by atoms with Gasteiger partial charge in [-0.1, -0.05) is 0 Å². The third kappa shape index (κ3) is 0.501. The van der Waals surface area contributed by atoms with Gasteiger partial charge >= 0.3 is 0 Å². The first kappa shape index (κ1) is 4.77. The van der Waals surface area contributed by atoms with Crippen molar-refractivity contribution in [3.63, 3.8) is 0 Å². The molecular weight excluding hydrogens is 102 g/mol. The summed E-state index contributed by atoms with van der Waals surface area (Å²) in [6.45, 7) is 1.10. The topological polar surface area (TPSA) is 32.3 Å². The van der Waals surface area contributed by atoms with E-state index in [2.05, 4.69) is 5.32 Å². The summed E-state index contributed by atoms with van der Waals surface area (Å²) in [5.41, 5.74) is -0.266. The summed E-state index contributed by atoms with van der Waals surface area (Å²) in [5.74, 6) is 0. The van der Waals surface area contributed by atoms with Crippen LogP contribution in [0.15, 0.2) is 0 Å². The zero-order valence-corrected chi connectivity index (χ0v) is 4.85. The van der Waals surface area contributed by atoms with E-state index < -0.39 is 0 Å². The second-order valence-electron chi connectivity index (χ2n) is 2.90. The van der Waals surface area contributed by atoms with Crippen molar-refractivity contribution in [1.29, 1.82) is 0 Å². The molecule has 8 heavy (non-hydrogen) atoms. The summed E-state index contributed by atoms with van der Waals surface area (Å²) in [5, 5.41) is 12.6. The Labute approximate surface area is 48.9 Å². The summed E-state index contributed by atoms with van der Waals surface area (Å²) >= 11 is 0. The van der Waals surface area contributed by atoms with E-state index in [4.69, 9.17) is 0 Å². The van der Waals surface area contributed by atoms with Gasteiger partial charge in [0.2, 0.25) is 0 Å². The third-order valence-corrected chi connectivity index (χ3v) is 2.23. The van der Waals surface area contributed by atoms with Crippen LogP contribution in [-0.4, -0.2) is 23.3 Å². The number of nitrogens with one attached hydrogen (secondary N) is 1. The molecule has 0 aromatic heterocycles. The van der Waals surface area contributed by atoms with Gasteiger partial charge in [-0.25, -0.2) is 0 Å². The van der Waals surface area contributed by atoms with Crippen molar-refractivity contribution in [2.24, 2.45) is 0 Å². The molecule has 0 aromatic carbocycles. The molecule has 2 heteroatoms. The monoisotopic (exact) mass is 113 g/mol. The fraction of sp³-hybridized carbons (Fsp3) is 1.00. The highest BCUT2D eigenvalue weighted by molar-refractivity contribution is 5.06. The van der Waals surface area contributed by atoms with Crippen LogP contribution < -0.4 is 5.32 Å². The lowest BCUT2D eigenvalue weighted by molar-refractivity contribution is 0.0720. The fourth-order valence-electron chi connectivity index (χ4n) is 1.22. The van der Waals surface area contributed by atoms with Crippen LogP contribution in [0.3, 0.4) is 0 Å². The summed E-state index contributed by atoms with van der Waals surface area (Å²) in [7, 11) is 0. The average molecular weight is 113 g/mol. The maximum atomic E-state index is 9.39. The van der Waals surface area contributed by atoms with Gasteiger partial charge in [0.25, 0.3) is 0 Å². The van der Waals surface area contributed by atoms with Crippen LogP contribution in [0.4, 0.5) is 0 Å². The molecule has 0 amide bonds. The molecule has 0 unspecified atom stereocenters. The second-order valence-corrected chi connectivity index (χ2v) is 2.90. The highest BCUT2D eigenvalue weighted by Gasteiger charge is 2.49. The SMILES string of the molecule is OC1([C@@H]2CCN2)CC1. The molecule has 1 heterocycles. The highest BCUT2D eigenvalue weighted by atomic mass is 16.3. The molecule has 0 spiro atoms. The predicted molar refractivity (Wildman–Crippen MR) is 30.6 cm³/mol. The molecular formula is C6H11NO. The van der Waals surface area contributed by atoms with Gasteiger partial charge in [0.05, 0.1) is 5.60 Å². The number of rotatable bonds is 1. The minimum absolute atomic E-state index is 0.266. The Kier molecular flexibility index (Phi) is 0.746. The van der Waals surface area contributed by atoms with Crippen LogP contribution >= 0.6 is 0 Å². The zero-order chi connectivity index (χ0) is 5.61. The standard InChI is InChI=1S/C6H11NO/c8-6(2-3-6)5-1-4-7-5/h5,7-8H,1-4H2/t5-/m0/s1. The number of aliphatic hydroxyl groups is 1. The van der Waals surface area contributed by atoms with Crippen molar-refractivity contribution < 1.29 is 5.11 Å². The van der Waals surface area contributed by atoms with Gasteiger partial charge in [0.15, 0.2) is 0 Å². The van der Waals surface area contributed by atoms with E-state index in [1.54, 1.807) is 0 Å². The Balaban J connectivity index is 1.95. The van der Waals surface area contributed by atoms with Crippen molar-refractivity contribution in [2.45, 2.75) is 30.9 Å². The lowest BCUT2D eigenvalue weighted by Gasteiger charge is -2.32. The van der Waals surface area contributed by atoms with Gasteiger partial charge in [0.1, 0.15) is 0 Å². The quantitative estimate of drug-likeness (QED) is 0.496. The summed E-state index contributed by atoms with van der Waals surface area (Å²) < 4.78 is 0. The van der Waals surface area contributed by atoms with E-state index >= 15 is 0 Å². The van der Waals surface area contributed by atoms with Crippen LogP contribution in [0.25, 0.3) is 0 Å². The number of hydrogen-bond acceptors (Lipinski definition) is 2. The lowest BCUT2D eigenvalue weighted by Crippen LogP contribution is -2.52. The van der Waals surface area contributed by atoms with Gasteiger partial charge < -0.3 is 10.4 Å².